The fourth-order valence-electron chi connectivity index (χ4n) is 1.68. The molecule has 0 radical (unpaired) electrons. The lowest BCUT2D eigenvalue weighted by molar-refractivity contribution is 0.852. The van der Waals surface area contributed by atoms with Crippen LogP contribution in [0.4, 0.5) is 5.69 Å². The summed E-state index contributed by atoms with van der Waals surface area (Å²) in [5.41, 5.74) is 15.3. The van der Waals surface area contributed by atoms with Crippen molar-refractivity contribution in [2.45, 2.75) is 19.8 Å². The molecule has 0 aromatic heterocycles. The Kier molecular flexibility index (Phi) is 3.47. The van der Waals surface area contributed by atoms with E-state index < -0.39 is 0 Å². The monoisotopic (exact) mass is 229 g/mol. The van der Waals surface area contributed by atoms with Crippen molar-refractivity contribution < 1.29 is 0 Å². The van der Waals surface area contributed by atoms with Gasteiger partial charge in [-0.2, -0.15) is 0 Å². The Morgan fingerprint density at radius 1 is 1.47 bits per heavy atom. The number of nitrogens with two attached hydrogens (primary N) is 2. The maximum absolute atomic E-state index is 6.01. The first-order valence-corrected chi connectivity index (χ1v) is 5.99. The average Bonchev–Trinajstić information content (AvgIpc) is 3.11. The van der Waals surface area contributed by atoms with E-state index in [0.717, 1.165) is 29.3 Å². The lowest BCUT2D eigenvalue weighted by Gasteiger charge is -2.06. The number of anilines is 1. The molecule has 4 N–H and O–H groups in total. The predicted molar refractivity (Wildman–Crippen MR) is 73.8 cm³/mol. The van der Waals surface area contributed by atoms with E-state index in [1.807, 2.05) is 31.2 Å². The summed E-state index contributed by atoms with van der Waals surface area (Å²) < 4.78 is 0. The van der Waals surface area contributed by atoms with Crippen LogP contribution in [0.15, 0.2) is 29.3 Å². The molecule has 1 aliphatic carbocycles. The maximum Gasteiger partial charge on any atom is 0.0417 e. The minimum Gasteiger partial charge on any atom is -0.399 e. The Morgan fingerprint density at radius 2 is 2.24 bits per heavy atom. The largest absolute Gasteiger partial charge is 0.399 e. The van der Waals surface area contributed by atoms with Crippen LogP contribution in [0.5, 0.6) is 0 Å². The highest BCUT2D eigenvalue weighted by Gasteiger charge is 2.19. The van der Waals surface area contributed by atoms with Gasteiger partial charge < -0.3 is 11.5 Å². The van der Waals surface area contributed by atoms with Crippen molar-refractivity contribution in [1.29, 1.82) is 0 Å². The molecule has 0 heterocycles. The molecule has 17 heavy (non-hydrogen) atoms. The number of aliphatic imine (C=N–C) groups is 1. The Bertz CT molecular complexity index is 457. The molecule has 1 saturated carbocycles. The molecule has 0 atom stereocenters. The second-order valence-electron chi connectivity index (χ2n) is 4.65. The Labute approximate surface area is 102 Å². The van der Waals surface area contributed by atoms with Crippen LogP contribution in [0.3, 0.4) is 0 Å². The molecule has 1 aromatic carbocycles. The Morgan fingerprint density at radius 3 is 2.94 bits per heavy atom. The number of rotatable bonds is 4. The van der Waals surface area contributed by atoms with Crippen LogP contribution >= 0.6 is 0 Å². The van der Waals surface area contributed by atoms with Crippen molar-refractivity contribution in [2.75, 3.05) is 12.3 Å². The molecule has 1 aliphatic rings. The second-order valence-corrected chi connectivity index (χ2v) is 4.65. The molecular weight excluding hydrogens is 210 g/mol. The highest BCUT2D eigenvalue weighted by Crippen LogP contribution is 2.28. The van der Waals surface area contributed by atoms with Gasteiger partial charge in [-0.25, -0.2) is 0 Å². The molecule has 3 nitrogen and oxygen atoms in total. The predicted octanol–water partition coefficient (Wildman–Crippen LogP) is 2.36. The first-order chi connectivity index (χ1) is 8.16. The van der Waals surface area contributed by atoms with E-state index in [9.17, 15) is 0 Å². The van der Waals surface area contributed by atoms with Gasteiger partial charge in [-0.1, -0.05) is 6.07 Å². The quantitative estimate of drug-likeness (QED) is 0.615. The van der Waals surface area contributed by atoms with E-state index in [0.29, 0.717) is 5.70 Å². The molecule has 0 aliphatic heterocycles. The van der Waals surface area contributed by atoms with Crippen molar-refractivity contribution in [3.63, 3.8) is 0 Å². The zero-order chi connectivity index (χ0) is 12.3. The number of hydrogen-bond donors (Lipinski definition) is 2. The topological polar surface area (TPSA) is 64.4 Å². The summed E-state index contributed by atoms with van der Waals surface area (Å²) in [6.07, 6.45) is 6.30. The van der Waals surface area contributed by atoms with Crippen molar-refractivity contribution >= 4 is 17.6 Å². The SMILES string of the molecule is Cc1ccc(N)cc1/C(N)=C/C=NCC1CC1. The van der Waals surface area contributed by atoms with Crippen molar-refractivity contribution in [3.8, 4) is 0 Å². The number of benzene rings is 1. The van der Waals surface area contributed by atoms with E-state index >= 15 is 0 Å². The Balaban J connectivity index is 2.06. The molecule has 0 unspecified atom stereocenters. The lowest BCUT2D eigenvalue weighted by Crippen LogP contribution is -2.00. The minimum absolute atomic E-state index is 0.717. The number of nitrogens with zero attached hydrogens (tertiary/aromatic N) is 1. The zero-order valence-corrected chi connectivity index (χ0v) is 10.2. The third-order valence-electron chi connectivity index (χ3n) is 2.99. The molecule has 1 aromatic rings. The van der Waals surface area contributed by atoms with Crippen LogP contribution in [0, 0.1) is 12.8 Å². The van der Waals surface area contributed by atoms with Crippen LogP contribution in [-0.2, 0) is 0 Å². The molecular formula is C14H19N3. The molecule has 2 rings (SSSR count). The maximum atomic E-state index is 6.01. The van der Waals surface area contributed by atoms with Crippen LogP contribution in [0.1, 0.15) is 24.0 Å². The third-order valence-corrected chi connectivity index (χ3v) is 2.99. The van der Waals surface area contributed by atoms with Crippen molar-refractivity contribution in [2.24, 2.45) is 16.6 Å². The molecule has 0 amide bonds. The molecule has 90 valence electrons. The molecule has 0 bridgehead atoms. The van der Waals surface area contributed by atoms with Gasteiger partial charge in [0.05, 0.1) is 0 Å². The van der Waals surface area contributed by atoms with Gasteiger partial charge in [-0.15, -0.1) is 0 Å². The molecule has 0 saturated heterocycles. The van der Waals surface area contributed by atoms with E-state index in [4.69, 9.17) is 11.5 Å². The third kappa shape index (κ3) is 3.34. The average molecular weight is 229 g/mol. The van der Waals surface area contributed by atoms with Crippen LogP contribution in [-0.4, -0.2) is 12.8 Å². The van der Waals surface area contributed by atoms with Gasteiger partial charge in [0.1, 0.15) is 0 Å². The minimum atomic E-state index is 0.717. The first kappa shape index (κ1) is 11.7. The van der Waals surface area contributed by atoms with Gasteiger partial charge in [0.2, 0.25) is 0 Å². The van der Waals surface area contributed by atoms with E-state index in [1.54, 1.807) is 6.21 Å². The van der Waals surface area contributed by atoms with E-state index in [-0.39, 0.29) is 0 Å². The number of allylic oxidation sites excluding steroid dienone is 1. The molecule has 1 fully saturated rings. The Hall–Kier alpha value is -1.77. The molecule has 0 spiro atoms. The van der Waals surface area contributed by atoms with E-state index in [1.165, 1.54) is 12.8 Å². The lowest BCUT2D eigenvalue weighted by atomic mass is 10.1. The normalized spacial score (nSPS) is 16.6. The highest BCUT2D eigenvalue weighted by atomic mass is 14.7. The van der Waals surface area contributed by atoms with Gasteiger partial charge in [0.15, 0.2) is 0 Å². The summed E-state index contributed by atoms with van der Waals surface area (Å²) in [5.74, 6) is 0.815. The van der Waals surface area contributed by atoms with Gasteiger partial charge in [-0.05, 0) is 49.5 Å². The van der Waals surface area contributed by atoms with Gasteiger partial charge in [-0.3, -0.25) is 4.99 Å². The smallest absolute Gasteiger partial charge is 0.0417 e. The van der Waals surface area contributed by atoms with E-state index in [2.05, 4.69) is 4.99 Å². The number of aryl methyl sites for hydroxylation is 1. The van der Waals surface area contributed by atoms with Crippen LogP contribution in [0.2, 0.25) is 0 Å². The van der Waals surface area contributed by atoms with Gasteiger partial charge in [0, 0.05) is 29.7 Å². The summed E-state index contributed by atoms with van der Waals surface area (Å²) in [6.45, 7) is 2.95. The fraction of sp³-hybridized carbons (Fsp3) is 0.357. The standard InChI is InChI=1S/C14H19N3/c1-10-2-5-12(15)8-13(10)14(16)6-7-17-9-11-3-4-11/h2,5-8,11H,3-4,9,15-16H2,1H3/b14-6-,17-7?. The zero-order valence-electron chi connectivity index (χ0n) is 10.2. The highest BCUT2D eigenvalue weighted by molar-refractivity contribution is 5.84. The summed E-state index contributed by atoms with van der Waals surface area (Å²) in [7, 11) is 0. The number of nitrogen functional groups attached to an aromatic ring is 1. The summed E-state index contributed by atoms with van der Waals surface area (Å²) in [4.78, 5) is 4.34. The van der Waals surface area contributed by atoms with Gasteiger partial charge in [0.25, 0.3) is 0 Å². The number of hydrogen-bond acceptors (Lipinski definition) is 3. The first-order valence-electron chi connectivity index (χ1n) is 5.99. The summed E-state index contributed by atoms with van der Waals surface area (Å²) in [5, 5.41) is 0. The van der Waals surface area contributed by atoms with Crippen LogP contribution in [0.25, 0.3) is 5.70 Å². The van der Waals surface area contributed by atoms with Crippen LogP contribution < -0.4 is 11.5 Å². The van der Waals surface area contributed by atoms with Crippen molar-refractivity contribution in [1.82, 2.24) is 0 Å². The van der Waals surface area contributed by atoms with Crippen molar-refractivity contribution in [3.05, 3.63) is 35.4 Å². The van der Waals surface area contributed by atoms with Gasteiger partial charge >= 0.3 is 0 Å². The summed E-state index contributed by atoms with van der Waals surface area (Å²) in [6, 6.07) is 5.76. The summed E-state index contributed by atoms with van der Waals surface area (Å²) >= 11 is 0. The fourth-order valence-corrected chi connectivity index (χ4v) is 1.68. The second kappa shape index (κ2) is 5.04. The molecule has 3 heteroatoms.